The Morgan fingerprint density at radius 1 is 1.18 bits per heavy atom. The van der Waals surface area contributed by atoms with Gasteiger partial charge in [-0.2, -0.15) is 15.3 Å². The molecule has 0 bridgehead atoms. The van der Waals surface area contributed by atoms with Gasteiger partial charge in [-0.05, 0) is 56.9 Å². The standard InChI is InChI=1S/C25H24N8O/c1-15-23(16(2)32(31-15)18-4-3-7-26-12-18)21-10-22(25-6-9-34-14-17(25)11-25)29-24-19(13-28-33(21)24)20-5-8-27-30-20/h3-5,7-8,10,12-13,17H,6,9,11,14H2,1-2H3,(H,27,30). The van der Waals surface area contributed by atoms with Gasteiger partial charge in [0.2, 0.25) is 0 Å². The number of aromatic nitrogens is 8. The molecular weight excluding hydrogens is 428 g/mol. The van der Waals surface area contributed by atoms with Gasteiger partial charge in [-0.3, -0.25) is 10.1 Å². The molecule has 1 N–H and O–H groups in total. The number of ether oxygens (including phenoxy) is 1. The maximum Gasteiger partial charge on any atom is 0.165 e. The SMILES string of the molecule is Cc1nn(-c2cccnc2)c(C)c1-c1cc(C23CCOCC2C3)nc2c(-c3ccn[nH]3)cnn12. The highest BCUT2D eigenvalue weighted by molar-refractivity contribution is 5.78. The molecule has 1 saturated heterocycles. The first kappa shape index (κ1) is 19.6. The second-order valence-corrected chi connectivity index (χ2v) is 9.34. The van der Waals surface area contributed by atoms with Crippen molar-refractivity contribution >= 4 is 5.65 Å². The smallest absolute Gasteiger partial charge is 0.165 e. The van der Waals surface area contributed by atoms with Crippen LogP contribution in [0.4, 0.5) is 0 Å². The Morgan fingerprint density at radius 2 is 2.12 bits per heavy atom. The van der Waals surface area contributed by atoms with E-state index in [2.05, 4.69) is 28.2 Å². The molecule has 1 aliphatic carbocycles. The van der Waals surface area contributed by atoms with Gasteiger partial charge in [0, 0.05) is 30.0 Å². The minimum Gasteiger partial charge on any atom is -0.381 e. The number of aryl methyl sites for hydroxylation is 1. The van der Waals surface area contributed by atoms with E-state index in [4.69, 9.17) is 19.9 Å². The van der Waals surface area contributed by atoms with Gasteiger partial charge in [0.1, 0.15) is 0 Å². The summed E-state index contributed by atoms with van der Waals surface area (Å²) >= 11 is 0. The van der Waals surface area contributed by atoms with E-state index in [1.54, 1.807) is 12.4 Å². The summed E-state index contributed by atoms with van der Waals surface area (Å²) in [5.74, 6) is 0.530. The fraction of sp³-hybridized carbons (Fsp3) is 0.320. The molecule has 1 saturated carbocycles. The van der Waals surface area contributed by atoms with E-state index in [1.807, 2.05) is 46.7 Å². The quantitative estimate of drug-likeness (QED) is 0.447. The van der Waals surface area contributed by atoms with Crippen LogP contribution >= 0.6 is 0 Å². The molecule has 5 aromatic heterocycles. The van der Waals surface area contributed by atoms with E-state index in [9.17, 15) is 0 Å². The Balaban J connectivity index is 1.48. The largest absolute Gasteiger partial charge is 0.381 e. The lowest BCUT2D eigenvalue weighted by Gasteiger charge is -2.23. The highest BCUT2D eigenvalue weighted by Gasteiger charge is 2.58. The number of hydrogen-bond acceptors (Lipinski definition) is 6. The van der Waals surface area contributed by atoms with Gasteiger partial charge >= 0.3 is 0 Å². The molecule has 2 fully saturated rings. The van der Waals surface area contributed by atoms with E-state index in [1.165, 1.54) is 0 Å². The van der Waals surface area contributed by atoms with Gasteiger partial charge in [-0.25, -0.2) is 14.2 Å². The Kier molecular flexibility index (Phi) is 4.08. The van der Waals surface area contributed by atoms with Crippen molar-refractivity contribution in [3.05, 3.63) is 66.1 Å². The van der Waals surface area contributed by atoms with Crippen LogP contribution in [0.3, 0.4) is 0 Å². The molecule has 34 heavy (non-hydrogen) atoms. The van der Waals surface area contributed by atoms with E-state index >= 15 is 0 Å². The lowest BCUT2D eigenvalue weighted by Crippen LogP contribution is -2.23. The van der Waals surface area contributed by atoms with Crippen LogP contribution in [0.15, 0.2) is 49.1 Å². The number of aromatic amines is 1. The van der Waals surface area contributed by atoms with Crippen molar-refractivity contribution in [2.75, 3.05) is 13.2 Å². The van der Waals surface area contributed by atoms with Gasteiger partial charge in [0.25, 0.3) is 0 Å². The lowest BCUT2D eigenvalue weighted by atomic mass is 9.92. The fourth-order valence-electron chi connectivity index (χ4n) is 5.56. The molecule has 0 spiro atoms. The van der Waals surface area contributed by atoms with Gasteiger partial charge in [-0.15, -0.1) is 0 Å². The third kappa shape index (κ3) is 2.73. The molecule has 9 nitrogen and oxygen atoms in total. The molecule has 7 rings (SSSR count). The highest BCUT2D eigenvalue weighted by atomic mass is 16.5. The van der Waals surface area contributed by atoms with Gasteiger partial charge in [0.05, 0.1) is 58.7 Å². The van der Waals surface area contributed by atoms with Gasteiger partial charge < -0.3 is 4.74 Å². The zero-order chi connectivity index (χ0) is 22.9. The summed E-state index contributed by atoms with van der Waals surface area (Å²) in [6.07, 6.45) is 9.34. The molecule has 1 aliphatic heterocycles. The second kappa shape index (κ2) is 7.07. The van der Waals surface area contributed by atoms with Gasteiger partial charge in [0.15, 0.2) is 5.65 Å². The van der Waals surface area contributed by atoms with Crippen molar-refractivity contribution < 1.29 is 4.74 Å². The molecule has 2 unspecified atom stereocenters. The zero-order valence-electron chi connectivity index (χ0n) is 19.1. The number of H-pyrrole nitrogens is 1. The first-order chi connectivity index (χ1) is 16.7. The summed E-state index contributed by atoms with van der Waals surface area (Å²) in [5, 5.41) is 16.9. The number of fused-ring (bicyclic) bond motifs is 2. The first-order valence-corrected chi connectivity index (χ1v) is 11.6. The summed E-state index contributed by atoms with van der Waals surface area (Å²) in [6, 6.07) is 8.13. The average molecular weight is 453 g/mol. The number of nitrogens with zero attached hydrogens (tertiary/aromatic N) is 7. The number of nitrogens with one attached hydrogen (secondary N) is 1. The van der Waals surface area contributed by atoms with E-state index < -0.39 is 0 Å². The fourth-order valence-corrected chi connectivity index (χ4v) is 5.56. The molecule has 9 heteroatoms. The Bertz CT molecular complexity index is 1520. The Hall–Kier alpha value is -3.85. The maximum atomic E-state index is 5.75. The minimum atomic E-state index is 0.0887. The molecular formula is C25H24N8O. The molecule has 5 aromatic rings. The van der Waals surface area contributed by atoms with Crippen molar-refractivity contribution in [1.82, 2.24) is 39.6 Å². The Morgan fingerprint density at radius 3 is 2.91 bits per heavy atom. The maximum absolute atomic E-state index is 5.75. The number of rotatable bonds is 4. The summed E-state index contributed by atoms with van der Waals surface area (Å²) in [7, 11) is 0. The molecule has 2 atom stereocenters. The van der Waals surface area contributed by atoms with Crippen molar-refractivity contribution in [3.63, 3.8) is 0 Å². The summed E-state index contributed by atoms with van der Waals surface area (Å²) in [6.45, 7) is 5.74. The van der Waals surface area contributed by atoms with Crippen LogP contribution in [0.25, 0.3) is 33.8 Å². The Labute approximate surface area is 195 Å². The van der Waals surface area contributed by atoms with Crippen LogP contribution in [-0.4, -0.2) is 52.8 Å². The highest BCUT2D eigenvalue weighted by Crippen LogP contribution is 2.58. The molecule has 6 heterocycles. The summed E-state index contributed by atoms with van der Waals surface area (Å²) in [5.41, 5.74) is 8.87. The first-order valence-electron chi connectivity index (χ1n) is 11.6. The predicted octanol–water partition coefficient (Wildman–Crippen LogP) is 3.66. The van der Waals surface area contributed by atoms with E-state index in [0.717, 1.165) is 77.0 Å². The summed E-state index contributed by atoms with van der Waals surface area (Å²) in [4.78, 5) is 9.47. The average Bonchev–Trinajstić information content (AvgIpc) is 3.15. The van der Waals surface area contributed by atoms with Crippen LogP contribution in [-0.2, 0) is 10.2 Å². The van der Waals surface area contributed by atoms with Crippen molar-refractivity contribution in [2.24, 2.45) is 5.92 Å². The van der Waals surface area contributed by atoms with Gasteiger partial charge in [-0.1, -0.05) is 0 Å². The van der Waals surface area contributed by atoms with Crippen LogP contribution < -0.4 is 0 Å². The van der Waals surface area contributed by atoms with Crippen molar-refractivity contribution in [2.45, 2.75) is 32.1 Å². The topological polar surface area (TPSA) is 98.8 Å². The number of pyridine rings is 1. The molecule has 0 radical (unpaired) electrons. The molecule has 2 aliphatic rings. The molecule has 0 amide bonds. The van der Waals surface area contributed by atoms with E-state index in [0.29, 0.717) is 5.92 Å². The van der Waals surface area contributed by atoms with Crippen LogP contribution in [0, 0.1) is 19.8 Å². The van der Waals surface area contributed by atoms with Crippen LogP contribution in [0.1, 0.15) is 29.9 Å². The predicted molar refractivity (Wildman–Crippen MR) is 126 cm³/mol. The van der Waals surface area contributed by atoms with Crippen molar-refractivity contribution in [1.29, 1.82) is 0 Å². The second-order valence-electron chi connectivity index (χ2n) is 9.34. The third-order valence-corrected chi connectivity index (χ3v) is 7.45. The third-order valence-electron chi connectivity index (χ3n) is 7.45. The lowest BCUT2D eigenvalue weighted by molar-refractivity contribution is 0.0795. The normalized spacial score (nSPS) is 21.6. The molecule has 0 aromatic carbocycles. The van der Waals surface area contributed by atoms with E-state index in [-0.39, 0.29) is 5.41 Å². The van der Waals surface area contributed by atoms with Crippen LogP contribution in [0.5, 0.6) is 0 Å². The van der Waals surface area contributed by atoms with Crippen LogP contribution in [0.2, 0.25) is 0 Å². The minimum absolute atomic E-state index is 0.0887. The monoisotopic (exact) mass is 452 g/mol. The van der Waals surface area contributed by atoms with Crippen molar-refractivity contribution in [3.8, 4) is 28.2 Å². The molecule has 170 valence electrons. The zero-order valence-corrected chi connectivity index (χ0v) is 19.1. The summed E-state index contributed by atoms with van der Waals surface area (Å²) < 4.78 is 9.65. The number of hydrogen-bond donors (Lipinski definition) is 1.